The van der Waals surface area contributed by atoms with Crippen LogP contribution in [0.4, 0.5) is 0 Å². The van der Waals surface area contributed by atoms with E-state index in [1.54, 1.807) is 52.7 Å². The van der Waals surface area contributed by atoms with Crippen molar-refractivity contribution >= 4 is 5.97 Å². The Morgan fingerprint density at radius 2 is 1.69 bits per heavy atom. The monoisotopic (exact) mass is 587 g/mol. The van der Waals surface area contributed by atoms with Gasteiger partial charge >= 0.3 is 5.97 Å². The Hall–Kier alpha value is -1.63. The third kappa shape index (κ3) is 3.20. The standard InChI is InChI=1S/C32H45NO9/c1-6-33-15-29(16-38-2)19(34)12-20(39-3)32-18-13-30(36)21(40-4)14-31(37,23(26(32)33)24(41-5)25(29)32)22(18)27(30)42-28(35)17-10-8-7-9-11-17/h7-11,18-27,34,36-37H,6,12-16H2,1-5H3. The Morgan fingerprint density at radius 1 is 0.976 bits per heavy atom. The molecule has 0 radical (unpaired) electrons. The average molecular weight is 588 g/mol. The minimum atomic E-state index is -1.51. The molecule has 42 heavy (non-hydrogen) atoms. The number of aliphatic hydroxyl groups excluding tert-OH is 1. The number of piperidine rings is 1. The first-order chi connectivity index (χ1) is 20.1. The molecule has 0 aromatic heterocycles. The lowest BCUT2D eigenvalue weighted by Gasteiger charge is -2.70. The summed E-state index contributed by atoms with van der Waals surface area (Å²) in [5.41, 5.74) is -3.77. The molecule has 10 nitrogen and oxygen atoms in total. The van der Waals surface area contributed by atoms with Gasteiger partial charge in [0.1, 0.15) is 11.7 Å². The van der Waals surface area contributed by atoms with Crippen LogP contribution in [0.5, 0.6) is 0 Å². The topological polar surface area (TPSA) is 127 Å². The number of carbonyl (C=O) groups excluding carboxylic acids is 1. The van der Waals surface area contributed by atoms with Crippen LogP contribution in [0.2, 0.25) is 0 Å². The number of hydrogen-bond donors (Lipinski definition) is 3. The van der Waals surface area contributed by atoms with Crippen LogP contribution in [0.15, 0.2) is 30.3 Å². The van der Waals surface area contributed by atoms with Crippen molar-refractivity contribution in [2.75, 3.05) is 48.1 Å². The molecule has 0 amide bonds. The molecule has 1 heterocycles. The maximum absolute atomic E-state index is 13.5. The van der Waals surface area contributed by atoms with E-state index in [1.807, 2.05) is 6.07 Å². The molecule has 232 valence electrons. The average Bonchev–Trinajstić information content (AvgIpc) is 3.37. The van der Waals surface area contributed by atoms with Crippen molar-refractivity contribution in [3.63, 3.8) is 0 Å². The molecular weight excluding hydrogens is 542 g/mol. The summed E-state index contributed by atoms with van der Waals surface area (Å²) in [6.07, 6.45) is -2.36. The highest BCUT2D eigenvalue weighted by Gasteiger charge is 2.89. The molecule has 6 aliphatic rings. The normalized spacial score (nSPS) is 51.9. The molecular formula is C32H45NO9. The molecule has 1 aromatic carbocycles. The number of ether oxygens (including phenoxy) is 5. The first kappa shape index (κ1) is 29.1. The number of hydrogen-bond acceptors (Lipinski definition) is 10. The van der Waals surface area contributed by atoms with Crippen molar-refractivity contribution in [1.82, 2.24) is 4.90 Å². The van der Waals surface area contributed by atoms with E-state index in [2.05, 4.69) is 11.8 Å². The molecule has 10 heteroatoms. The van der Waals surface area contributed by atoms with Gasteiger partial charge in [0.15, 0.2) is 0 Å². The van der Waals surface area contributed by atoms with Crippen molar-refractivity contribution in [3.05, 3.63) is 35.9 Å². The number of methoxy groups -OCH3 is 4. The summed E-state index contributed by atoms with van der Waals surface area (Å²) >= 11 is 0. The molecule has 6 fully saturated rings. The summed E-state index contributed by atoms with van der Waals surface area (Å²) in [6.45, 7) is 3.76. The van der Waals surface area contributed by atoms with Gasteiger partial charge in [-0.25, -0.2) is 4.79 Å². The van der Waals surface area contributed by atoms with Gasteiger partial charge in [0, 0.05) is 82.5 Å². The van der Waals surface area contributed by atoms with E-state index in [-0.39, 0.29) is 36.8 Å². The predicted molar refractivity (Wildman–Crippen MR) is 150 cm³/mol. The van der Waals surface area contributed by atoms with Gasteiger partial charge in [-0.05, 0) is 31.0 Å². The van der Waals surface area contributed by atoms with E-state index in [0.29, 0.717) is 31.7 Å². The minimum absolute atomic E-state index is 0.130. The van der Waals surface area contributed by atoms with E-state index < -0.39 is 64.3 Å². The van der Waals surface area contributed by atoms with Crippen LogP contribution in [0.25, 0.3) is 0 Å². The number of esters is 1. The van der Waals surface area contributed by atoms with E-state index >= 15 is 0 Å². The molecule has 3 N–H and O–H groups in total. The minimum Gasteiger partial charge on any atom is -0.455 e. The van der Waals surface area contributed by atoms with Crippen molar-refractivity contribution < 1.29 is 43.8 Å². The van der Waals surface area contributed by atoms with Crippen LogP contribution in [-0.4, -0.2) is 122 Å². The fourth-order valence-electron chi connectivity index (χ4n) is 11.8. The van der Waals surface area contributed by atoms with Crippen LogP contribution in [0.1, 0.15) is 36.5 Å². The number of carbonyl (C=O) groups is 1. The molecule has 1 saturated heterocycles. The fourth-order valence-corrected chi connectivity index (χ4v) is 11.8. The van der Waals surface area contributed by atoms with Crippen LogP contribution < -0.4 is 0 Å². The first-order valence-corrected chi connectivity index (χ1v) is 15.3. The van der Waals surface area contributed by atoms with Crippen LogP contribution in [-0.2, 0) is 23.7 Å². The smallest absolute Gasteiger partial charge is 0.338 e. The molecule has 1 aliphatic heterocycles. The summed E-state index contributed by atoms with van der Waals surface area (Å²) in [7, 11) is 6.60. The maximum Gasteiger partial charge on any atom is 0.338 e. The van der Waals surface area contributed by atoms with Gasteiger partial charge in [0.05, 0.1) is 42.2 Å². The lowest BCUT2D eigenvalue weighted by molar-refractivity contribution is -0.298. The van der Waals surface area contributed by atoms with Gasteiger partial charge in [-0.2, -0.15) is 0 Å². The molecule has 1 aromatic rings. The second kappa shape index (κ2) is 9.68. The quantitative estimate of drug-likeness (QED) is 0.381. The maximum atomic E-state index is 13.5. The lowest BCUT2D eigenvalue weighted by Crippen LogP contribution is -2.79. The summed E-state index contributed by atoms with van der Waals surface area (Å²) in [5.74, 6) is -2.02. The molecule has 7 bridgehead atoms. The molecule has 7 rings (SSSR count). The molecule has 14 atom stereocenters. The Balaban J connectivity index is 1.46. The zero-order valence-electron chi connectivity index (χ0n) is 25.1. The second-order valence-electron chi connectivity index (χ2n) is 13.8. The van der Waals surface area contributed by atoms with E-state index in [1.165, 1.54) is 0 Å². The van der Waals surface area contributed by atoms with Crippen molar-refractivity contribution in [1.29, 1.82) is 0 Å². The van der Waals surface area contributed by atoms with Gasteiger partial charge in [-0.1, -0.05) is 25.1 Å². The Bertz CT molecular complexity index is 1220. The lowest BCUT2D eigenvalue weighted by atomic mass is 9.42. The molecule has 14 unspecified atom stereocenters. The Labute approximate surface area is 247 Å². The SMILES string of the molecule is CCN1CC2(COC)C(O)CC(OC)C34C5CC6(O)C(OC)CC(O)(C5C6OC(=O)c5ccccc5)C(C(OC)C23)C14. The van der Waals surface area contributed by atoms with Crippen molar-refractivity contribution in [2.45, 2.75) is 73.9 Å². The van der Waals surface area contributed by atoms with Crippen molar-refractivity contribution in [2.24, 2.45) is 34.5 Å². The highest BCUT2D eigenvalue weighted by atomic mass is 16.6. The van der Waals surface area contributed by atoms with Gasteiger partial charge in [-0.15, -0.1) is 0 Å². The van der Waals surface area contributed by atoms with Gasteiger partial charge < -0.3 is 39.0 Å². The fraction of sp³-hybridized carbons (Fsp3) is 0.781. The Morgan fingerprint density at radius 3 is 2.31 bits per heavy atom. The summed E-state index contributed by atoms with van der Waals surface area (Å²) in [5, 5.41) is 37.6. The van der Waals surface area contributed by atoms with E-state index in [9.17, 15) is 20.1 Å². The van der Waals surface area contributed by atoms with Gasteiger partial charge in [0.2, 0.25) is 0 Å². The highest BCUT2D eigenvalue weighted by molar-refractivity contribution is 5.89. The number of fused-ring (bicyclic) bond motifs is 2. The Kier molecular flexibility index (Phi) is 6.71. The van der Waals surface area contributed by atoms with Crippen molar-refractivity contribution in [3.8, 4) is 0 Å². The number of nitrogens with zero attached hydrogens (tertiary/aromatic N) is 1. The summed E-state index contributed by atoms with van der Waals surface area (Å²) in [4.78, 5) is 15.9. The summed E-state index contributed by atoms with van der Waals surface area (Å²) in [6, 6.07) is 8.63. The first-order valence-electron chi connectivity index (χ1n) is 15.3. The van der Waals surface area contributed by atoms with Gasteiger partial charge in [0.25, 0.3) is 0 Å². The number of aliphatic hydroxyl groups is 3. The van der Waals surface area contributed by atoms with Crippen LogP contribution >= 0.6 is 0 Å². The van der Waals surface area contributed by atoms with E-state index in [0.717, 1.165) is 0 Å². The second-order valence-corrected chi connectivity index (χ2v) is 13.8. The largest absolute Gasteiger partial charge is 0.455 e. The number of rotatable bonds is 8. The third-order valence-electron chi connectivity index (χ3n) is 12.8. The molecule has 5 saturated carbocycles. The predicted octanol–water partition coefficient (Wildman–Crippen LogP) is 1.11. The number of likely N-dealkylation sites (tertiary alicyclic amines) is 1. The molecule has 5 aliphatic carbocycles. The third-order valence-corrected chi connectivity index (χ3v) is 12.8. The highest BCUT2D eigenvalue weighted by Crippen LogP contribution is 2.80. The van der Waals surface area contributed by atoms with E-state index in [4.69, 9.17) is 23.7 Å². The summed E-state index contributed by atoms with van der Waals surface area (Å²) < 4.78 is 30.8. The zero-order valence-corrected chi connectivity index (χ0v) is 25.1. The zero-order chi connectivity index (χ0) is 29.8. The molecule has 1 spiro atoms. The van der Waals surface area contributed by atoms with Crippen LogP contribution in [0, 0.1) is 34.5 Å². The van der Waals surface area contributed by atoms with Crippen LogP contribution in [0.3, 0.4) is 0 Å². The number of benzene rings is 1. The van der Waals surface area contributed by atoms with Gasteiger partial charge in [-0.3, -0.25) is 4.90 Å².